The van der Waals surface area contributed by atoms with Gasteiger partial charge in [0.1, 0.15) is 6.04 Å². The van der Waals surface area contributed by atoms with E-state index in [4.69, 9.17) is 11.6 Å². The molecule has 3 amide bonds. The van der Waals surface area contributed by atoms with Crippen LogP contribution in [0, 0.1) is 0 Å². The van der Waals surface area contributed by atoms with Crippen LogP contribution in [0.4, 0.5) is 0 Å². The van der Waals surface area contributed by atoms with Gasteiger partial charge in [-0.3, -0.25) is 14.4 Å². The van der Waals surface area contributed by atoms with Gasteiger partial charge < -0.3 is 16.0 Å². The summed E-state index contributed by atoms with van der Waals surface area (Å²) in [6.07, 6.45) is 1.98. The average Bonchev–Trinajstić information content (AvgIpc) is 3.28. The first-order chi connectivity index (χ1) is 10.5. The Balaban J connectivity index is 1.79. The Morgan fingerprint density at radius 1 is 1.27 bits per heavy atom. The van der Waals surface area contributed by atoms with Crippen molar-refractivity contribution in [2.45, 2.75) is 31.8 Å². The highest BCUT2D eigenvalue weighted by atomic mass is 35.5. The fourth-order valence-corrected chi connectivity index (χ4v) is 2.03. The van der Waals surface area contributed by atoms with Gasteiger partial charge in [-0.1, -0.05) is 23.7 Å². The van der Waals surface area contributed by atoms with E-state index in [0.717, 1.165) is 12.8 Å². The van der Waals surface area contributed by atoms with Gasteiger partial charge in [0, 0.05) is 6.04 Å². The number of benzene rings is 1. The Bertz CT molecular complexity index is 587. The van der Waals surface area contributed by atoms with Crippen LogP contribution in [0.3, 0.4) is 0 Å². The van der Waals surface area contributed by atoms with Crippen LogP contribution < -0.4 is 16.0 Å². The summed E-state index contributed by atoms with van der Waals surface area (Å²) in [4.78, 5) is 35.4. The normalized spacial score (nSPS) is 14.8. The molecule has 1 aromatic carbocycles. The third-order valence-corrected chi connectivity index (χ3v) is 3.55. The first kappa shape index (κ1) is 16.3. The molecular formula is C15H18ClN3O3. The number of carbonyl (C=O) groups is 3. The van der Waals surface area contributed by atoms with Crippen molar-refractivity contribution >= 4 is 29.3 Å². The summed E-state index contributed by atoms with van der Waals surface area (Å²) >= 11 is 5.92. The number of hydrogen-bond donors (Lipinski definition) is 3. The second-order valence-electron chi connectivity index (χ2n) is 5.23. The minimum absolute atomic E-state index is 0.0956. The van der Waals surface area contributed by atoms with Gasteiger partial charge in [0.2, 0.25) is 11.8 Å². The summed E-state index contributed by atoms with van der Waals surface area (Å²) in [5, 5.41) is 8.11. The molecule has 0 spiro atoms. The number of rotatable bonds is 6. The van der Waals surface area contributed by atoms with Gasteiger partial charge in [0.25, 0.3) is 5.91 Å². The van der Waals surface area contributed by atoms with Gasteiger partial charge in [0.15, 0.2) is 0 Å². The Hall–Kier alpha value is -2.08. The molecule has 1 fully saturated rings. The van der Waals surface area contributed by atoms with E-state index in [2.05, 4.69) is 16.0 Å². The zero-order valence-electron chi connectivity index (χ0n) is 12.2. The maximum absolute atomic E-state index is 12.0. The van der Waals surface area contributed by atoms with Crippen molar-refractivity contribution in [3.05, 3.63) is 34.9 Å². The zero-order valence-corrected chi connectivity index (χ0v) is 12.9. The van der Waals surface area contributed by atoms with E-state index in [9.17, 15) is 14.4 Å². The van der Waals surface area contributed by atoms with Crippen molar-refractivity contribution in [1.29, 1.82) is 0 Å². The lowest BCUT2D eigenvalue weighted by molar-refractivity contribution is -0.127. The van der Waals surface area contributed by atoms with Crippen molar-refractivity contribution in [1.82, 2.24) is 16.0 Å². The van der Waals surface area contributed by atoms with E-state index in [1.165, 1.54) is 0 Å². The molecule has 1 aromatic rings. The fraction of sp³-hybridized carbons (Fsp3) is 0.400. The van der Waals surface area contributed by atoms with E-state index in [1.54, 1.807) is 31.2 Å². The molecule has 0 bridgehead atoms. The fourth-order valence-electron chi connectivity index (χ4n) is 1.81. The maximum Gasteiger partial charge on any atom is 0.253 e. The summed E-state index contributed by atoms with van der Waals surface area (Å²) in [6, 6.07) is 6.07. The highest BCUT2D eigenvalue weighted by molar-refractivity contribution is 6.33. The topological polar surface area (TPSA) is 87.3 Å². The summed E-state index contributed by atoms with van der Waals surface area (Å²) in [6.45, 7) is 1.45. The van der Waals surface area contributed by atoms with Crippen LogP contribution in [0.15, 0.2) is 24.3 Å². The molecule has 0 aromatic heterocycles. The Morgan fingerprint density at radius 3 is 2.59 bits per heavy atom. The van der Waals surface area contributed by atoms with E-state index in [1.807, 2.05) is 0 Å². The van der Waals surface area contributed by atoms with E-state index in [-0.39, 0.29) is 18.5 Å². The average molecular weight is 324 g/mol. The van der Waals surface area contributed by atoms with E-state index >= 15 is 0 Å². The lowest BCUT2D eigenvalue weighted by atomic mass is 10.2. The van der Waals surface area contributed by atoms with Crippen molar-refractivity contribution < 1.29 is 14.4 Å². The highest BCUT2D eigenvalue weighted by Crippen LogP contribution is 2.18. The predicted octanol–water partition coefficient (Wildman–Crippen LogP) is 0.853. The maximum atomic E-state index is 12.0. The van der Waals surface area contributed by atoms with Crippen LogP contribution in [0.1, 0.15) is 30.1 Å². The molecule has 7 heteroatoms. The second-order valence-corrected chi connectivity index (χ2v) is 5.64. The lowest BCUT2D eigenvalue weighted by Crippen LogP contribution is -2.47. The molecule has 0 saturated heterocycles. The van der Waals surface area contributed by atoms with Gasteiger partial charge in [0.05, 0.1) is 17.1 Å². The molecule has 1 aliphatic rings. The monoisotopic (exact) mass is 323 g/mol. The molecule has 1 aliphatic carbocycles. The Labute approximate surface area is 133 Å². The van der Waals surface area contributed by atoms with Gasteiger partial charge in [-0.25, -0.2) is 0 Å². The standard InChI is InChI=1S/C15H18ClN3O3/c1-9(14(21)17-8-13(20)19-10-6-7-10)18-15(22)11-4-2-3-5-12(11)16/h2-5,9-10H,6-8H2,1H3,(H,17,21)(H,18,22)(H,19,20)/t9-/m1/s1. The Kier molecular flexibility index (Phi) is 5.38. The minimum atomic E-state index is -0.766. The molecule has 1 atom stereocenters. The van der Waals surface area contributed by atoms with Crippen molar-refractivity contribution in [2.24, 2.45) is 0 Å². The van der Waals surface area contributed by atoms with Crippen LogP contribution >= 0.6 is 11.6 Å². The molecule has 0 radical (unpaired) electrons. The summed E-state index contributed by atoms with van der Waals surface area (Å²) in [5.74, 6) is -1.08. The third-order valence-electron chi connectivity index (χ3n) is 3.23. The quantitative estimate of drug-likeness (QED) is 0.725. The molecule has 0 aliphatic heterocycles. The number of carbonyl (C=O) groups excluding carboxylic acids is 3. The molecule has 1 saturated carbocycles. The number of nitrogens with one attached hydrogen (secondary N) is 3. The first-order valence-electron chi connectivity index (χ1n) is 7.10. The van der Waals surface area contributed by atoms with E-state index in [0.29, 0.717) is 10.6 Å². The zero-order chi connectivity index (χ0) is 16.1. The minimum Gasteiger partial charge on any atom is -0.352 e. The molecule has 22 heavy (non-hydrogen) atoms. The summed E-state index contributed by atoms with van der Waals surface area (Å²) < 4.78 is 0. The van der Waals surface area contributed by atoms with Crippen LogP contribution in [-0.4, -0.2) is 36.3 Å². The number of amides is 3. The lowest BCUT2D eigenvalue weighted by Gasteiger charge is -2.14. The third kappa shape index (κ3) is 4.73. The summed E-state index contributed by atoms with van der Waals surface area (Å²) in [5.41, 5.74) is 0.301. The van der Waals surface area contributed by atoms with Gasteiger partial charge in [-0.15, -0.1) is 0 Å². The van der Waals surface area contributed by atoms with Gasteiger partial charge in [-0.05, 0) is 31.9 Å². The largest absolute Gasteiger partial charge is 0.352 e. The van der Waals surface area contributed by atoms with Crippen LogP contribution in [0.2, 0.25) is 5.02 Å². The molecule has 118 valence electrons. The molecule has 2 rings (SSSR count). The van der Waals surface area contributed by atoms with Gasteiger partial charge in [-0.2, -0.15) is 0 Å². The van der Waals surface area contributed by atoms with Crippen molar-refractivity contribution in [2.75, 3.05) is 6.54 Å². The number of hydrogen-bond acceptors (Lipinski definition) is 3. The van der Waals surface area contributed by atoms with Crippen LogP contribution in [-0.2, 0) is 9.59 Å². The molecule has 3 N–H and O–H groups in total. The van der Waals surface area contributed by atoms with E-state index < -0.39 is 17.9 Å². The highest BCUT2D eigenvalue weighted by Gasteiger charge is 2.24. The number of halogens is 1. The Morgan fingerprint density at radius 2 is 1.95 bits per heavy atom. The van der Waals surface area contributed by atoms with Crippen molar-refractivity contribution in [3.63, 3.8) is 0 Å². The smallest absolute Gasteiger partial charge is 0.253 e. The molecular weight excluding hydrogens is 306 g/mol. The molecule has 6 nitrogen and oxygen atoms in total. The molecule has 0 heterocycles. The van der Waals surface area contributed by atoms with Crippen molar-refractivity contribution in [3.8, 4) is 0 Å². The predicted molar refractivity (Wildman–Crippen MR) is 82.6 cm³/mol. The molecule has 0 unspecified atom stereocenters. The van der Waals surface area contributed by atoms with Crippen LogP contribution in [0.5, 0.6) is 0 Å². The second kappa shape index (κ2) is 7.26. The SMILES string of the molecule is C[C@@H](NC(=O)c1ccccc1Cl)C(=O)NCC(=O)NC1CC1. The van der Waals surface area contributed by atoms with Gasteiger partial charge >= 0.3 is 0 Å². The summed E-state index contributed by atoms with van der Waals surface area (Å²) in [7, 11) is 0. The van der Waals surface area contributed by atoms with Crippen LogP contribution in [0.25, 0.3) is 0 Å². The first-order valence-corrected chi connectivity index (χ1v) is 7.47.